The minimum atomic E-state index is 0.0675. The fourth-order valence-electron chi connectivity index (χ4n) is 3.13. The van der Waals surface area contributed by atoms with Crippen LogP contribution < -0.4 is 5.32 Å². The van der Waals surface area contributed by atoms with Crippen molar-refractivity contribution in [3.8, 4) is 0 Å². The van der Waals surface area contributed by atoms with Crippen molar-refractivity contribution < 1.29 is 9.26 Å². The minimum Gasteiger partial charge on any atom is -0.376 e. The highest BCUT2D eigenvalue weighted by atomic mass is 16.5. The van der Waals surface area contributed by atoms with Crippen LogP contribution in [0.1, 0.15) is 40.3 Å². The van der Waals surface area contributed by atoms with Crippen LogP contribution in [0.2, 0.25) is 0 Å². The molecule has 0 amide bonds. The molecule has 1 unspecified atom stereocenters. The molecular formula is C18H21N5O2. The quantitative estimate of drug-likeness (QED) is 0.716. The second-order valence-corrected chi connectivity index (χ2v) is 6.21. The van der Waals surface area contributed by atoms with Crippen molar-refractivity contribution in [3.63, 3.8) is 0 Å². The van der Waals surface area contributed by atoms with Crippen LogP contribution in [0.3, 0.4) is 0 Å². The third-order valence-corrected chi connectivity index (χ3v) is 4.45. The van der Waals surface area contributed by atoms with Gasteiger partial charge in [-0.3, -0.25) is 5.10 Å². The van der Waals surface area contributed by atoms with Crippen LogP contribution in [0.15, 0.2) is 34.9 Å². The van der Waals surface area contributed by atoms with E-state index in [1.165, 1.54) is 16.8 Å². The normalized spacial score (nSPS) is 15.1. The highest BCUT2D eigenvalue weighted by Crippen LogP contribution is 2.21. The van der Waals surface area contributed by atoms with Crippen LogP contribution in [-0.2, 0) is 30.7 Å². The largest absolute Gasteiger partial charge is 0.376 e. The fourth-order valence-corrected chi connectivity index (χ4v) is 3.13. The summed E-state index contributed by atoms with van der Waals surface area (Å²) in [5, 5.41) is 15.1. The molecule has 3 heterocycles. The molecule has 130 valence electrons. The fraction of sp³-hybridized carbons (Fsp3) is 0.389. The van der Waals surface area contributed by atoms with Crippen LogP contribution >= 0.6 is 0 Å². The third-order valence-electron chi connectivity index (χ3n) is 4.45. The van der Waals surface area contributed by atoms with E-state index in [2.05, 4.69) is 37.8 Å². The molecule has 1 aliphatic rings. The van der Waals surface area contributed by atoms with Gasteiger partial charge in [0.25, 0.3) is 0 Å². The summed E-state index contributed by atoms with van der Waals surface area (Å²) >= 11 is 0. The number of hydrogen-bond acceptors (Lipinski definition) is 6. The smallest absolute Gasteiger partial charge is 0.228 e. The third kappa shape index (κ3) is 3.62. The predicted octanol–water partition coefficient (Wildman–Crippen LogP) is 2.25. The summed E-state index contributed by atoms with van der Waals surface area (Å²) in [4.78, 5) is 4.33. The van der Waals surface area contributed by atoms with Crippen LogP contribution in [0.5, 0.6) is 0 Å². The van der Waals surface area contributed by atoms with Crippen molar-refractivity contribution in [2.24, 2.45) is 0 Å². The van der Waals surface area contributed by atoms with Crippen molar-refractivity contribution >= 4 is 0 Å². The van der Waals surface area contributed by atoms with Crippen LogP contribution in [0.4, 0.5) is 0 Å². The molecule has 0 bridgehead atoms. The lowest BCUT2D eigenvalue weighted by atomic mass is 10.0. The Kier molecular flexibility index (Phi) is 4.58. The number of rotatable bonds is 6. The average Bonchev–Trinajstić information content (AvgIpc) is 3.25. The van der Waals surface area contributed by atoms with E-state index < -0.39 is 0 Å². The molecule has 1 aromatic carbocycles. The topological polar surface area (TPSA) is 88.9 Å². The molecule has 25 heavy (non-hydrogen) atoms. The van der Waals surface area contributed by atoms with E-state index in [0.717, 1.165) is 18.7 Å². The highest BCUT2D eigenvalue weighted by Gasteiger charge is 2.20. The first kappa shape index (κ1) is 16.0. The van der Waals surface area contributed by atoms with Gasteiger partial charge in [0, 0.05) is 36.7 Å². The van der Waals surface area contributed by atoms with Gasteiger partial charge in [-0.2, -0.15) is 10.1 Å². The molecule has 0 saturated carbocycles. The number of aryl methyl sites for hydroxylation is 1. The zero-order chi connectivity index (χ0) is 17.1. The summed E-state index contributed by atoms with van der Waals surface area (Å²) in [6.07, 6.45) is 1.53. The molecular weight excluding hydrogens is 318 g/mol. The van der Waals surface area contributed by atoms with Gasteiger partial charge in [0.2, 0.25) is 5.89 Å². The molecule has 1 atom stereocenters. The summed E-state index contributed by atoms with van der Waals surface area (Å²) < 4.78 is 10.9. The molecule has 2 aromatic heterocycles. The van der Waals surface area contributed by atoms with Crippen LogP contribution in [-0.4, -0.2) is 26.9 Å². The second-order valence-electron chi connectivity index (χ2n) is 6.21. The van der Waals surface area contributed by atoms with Crippen LogP contribution in [0, 0.1) is 6.92 Å². The maximum absolute atomic E-state index is 5.56. The highest BCUT2D eigenvalue weighted by molar-refractivity contribution is 5.27. The Morgan fingerprint density at radius 2 is 2.16 bits per heavy atom. The minimum absolute atomic E-state index is 0.0675. The van der Waals surface area contributed by atoms with E-state index in [-0.39, 0.29) is 6.04 Å². The van der Waals surface area contributed by atoms with Crippen molar-refractivity contribution in [2.45, 2.75) is 39.0 Å². The molecule has 2 N–H and O–H groups in total. The number of nitrogens with zero attached hydrogens (tertiary/aromatic N) is 3. The Morgan fingerprint density at radius 1 is 1.28 bits per heavy atom. The number of ether oxygens (including phenoxy) is 1. The number of hydrogen-bond donors (Lipinski definition) is 2. The van der Waals surface area contributed by atoms with Crippen molar-refractivity contribution in [2.75, 3.05) is 6.61 Å². The number of fused-ring (bicyclic) bond motifs is 1. The maximum atomic E-state index is 5.56. The molecule has 3 aromatic rings. The lowest BCUT2D eigenvalue weighted by Crippen LogP contribution is -2.24. The van der Waals surface area contributed by atoms with E-state index in [1.54, 1.807) is 0 Å². The first-order chi connectivity index (χ1) is 12.3. The van der Waals surface area contributed by atoms with Gasteiger partial charge in [-0.25, -0.2) is 0 Å². The maximum Gasteiger partial charge on any atom is 0.228 e. The first-order valence-electron chi connectivity index (χ1n) is 8.50. The molecule has 0 radical (unpaired) electrons. The Hall–Kier alpha value is -2.51. The van der Waals surface area contributed by atoms with E-state index in [9.17, 15) is 0 Å². The van der Waals surface area contributed by atoms with Gasteiger partial charge in [-0.15, -0.1) is 0 Å². The summed E-state index contributed by atoms with van der Waals surface area (Å²) in [5.74, 6) is 1.28. The van der Waals surface area contributed by atoms with Crippen molar-refractivity contribution in [3.05, 3.63) is 64.6 Å². The predicted molar refractivity (Wildman–Crippen MR) is 90.7 cm³/mol. The first-order valence-corrected chi connectivity index (χ1v) is 8.50. The zero-order valence-electron chi connectivity index (χ0n) is 14.2. The van der Waals surface area contributed by atoms with E-state index in [4.69, 9.17) is 9.26 Å². The van der Waals surface area contributed by atoms with E-state index in [1.807, 2.05) is 25.1 Å². The van der Waals surface area contributed by atoms with Gasteiger partial charge in [-0.1, -0.05) is 35.5 Å². The Bertz CT molecular complexity index is 827. The summed E-state index contributed by atoms with van der Waals surface area (Å²) in [6, 6.07) is 10.4. The number of H-pyrrole nitrogens is 1. The number of aromatic nitrogens is 4. The Labute approximate surface area is 145 Å². The van der Waals surface area contributed by atoms with Gasteiger partial charge in [0.15, 0.2) is 5.82 Å². The molecule has 7 heteroatoms. The molecule has 0 spiro atoms. The standard InChI is InChI=1S/C18H21N5O2/c1-12-20-18(25-23-12)9-16(13-5-3-2-4-6-13)19-10-17-14-11-24-8-7-15(14)21-22-17/h2-6,16,19H,7-11H2,1H3,(H,21,22). The summed E-state index contributed by atoms with van der Waals surface area (Å²) in [5.41, 5.74) is 4.56. The molecule has 1 aliphatic heterocycles. The summed E-state index contributed by atoms with van der Waals surface area (Å²) in [7, 11) is 0. The van der Waals surface area contributed by atoms with Crippen molar-refractivity contribution in [1.82, 2.24) is 25.7 Å². The Morgan fingerprint density at radius 3 is 2.96 bits per heavy atom. The van der Waals surface area contributed by atoms with E-state index in [0.29, 0.717) is 31.3 Å². The van der Waals surface area contributed by atoms with Gasteiger partial charge < -0.3 is 14.6 Å². The second kappa shape index (κ2) is 7.16. The van der Waals surface area contributed by atoms with Gasteiger partial charge >= 0.3 is 0 Å². The van der Waals surface area contributed by atoms with Gasteiger partial charge in [0.1, 0.15) is 0 Å². The Balaban J connectivity index is 1.51. The lowest BCUT2D eigenvalue weighted by Gasteiger charge is -2.18. The van der Waals surface area contributed by atoms with E-state index >= 15 is 0 Å². The summed E-state index contributed by atoms with van der Waals surface area (Å²) in [6.45, 7) is 3.86. The van der Waals surface area contributed by atoms with Gasteiger partial charge in [0.05, 0.1) is 18.9 Å². The van der Waals surface area contributed by atoms with Gasteiger partial charge in [-0.05, 0) is 12.5 Å². The number of benzene rings is 1. The average molecular weight is 339 g/mol. The molecule has 0 aliphatic carbocycles. The SMILES string of the molecule is Cc1noc(CC(NCc2n[nH]c3c2COCC3)c2ccccc2)n1. The van der Waals surface area contributed by atoms with Crippen molar-refractivity contribution in [1.29, 1.82) is 0 Å². The number of nitrogens with one attached hydrogen (secondary N) is 2. The molecule has 7 nitrogen and oxygen atoms in total. The molecule has 0 saturated heterocycles. The monoisotopic (exact) mass is 339 g/mol. The molecule has 4 rings (SSSR count). The lowest BCUT2D eigenvalue weighted by molar-refractivity contribution is 0.109. The zero-order valence-corrected chi connectivity index (χ0v) is 14.2. The number of aromatic amines is 1. The van der Waals surface area contributed by atoms with Crippen LogP contribution in [0.25, 0.3) is 0 Å². The molecule has 0 fully saturated rings.